The van der Waals surface area contributed by atoms with Crippen LogP contribution in [0.15, 0.2) is 18.3 Å². The SMILES string of the molecule is CCCNc1ccnc(CN2CCCC(CCC)CC2)c1. The van der Waals surface area contributed by atoms with Gasteiger partial charge in [-0.1, -0.05) is 26.7 Å². The van der Waals surface area contributed by atoms with Gasteiger partial charge in [0.2, 0.25) is 0 Å². The monoisotopic (exact) mass is 289 g/mol. The highest BCUT2D eigenvalue weighted by molar-refractivity contribution is 5.43. The molecule has 0 saturated carbocycles. The molecule has 2 heterocycles. The zero-order valence-electron chi connectivity index (χ0n) is 13.8. The number of aromatic nitrogens is 1. The number of nitrogens with one attached hydrogen (secondary N) is 1. The summed E-state index contributed by atoms with van der Waals surface area (Å²) in [4.78, 5) is 7.13. The van der Waals surface area contributed by atoms with E-state index in [1.165, 1.54) is 56.6 Å². The molecule has 0 amide bonds. The van der Waals surface area contributed by atoms with Crippen molar-refractivity contribution >= 4 is 5.69 Å². The first-order valence-corrected chi connectivity index (χ1v) is 8.73. The predicted molar refractivity (Wildman–Crippen MR) is 90.5 cm³/mol. The molecule has 1 N–H and O–H groups in total. The standard InChI is InChI=1S/C18H31N3/c1-3-6-16-7-5-12-21(13-9-16)15-18-14-17(8-11-20-18)19-10-4-2/h8,11,14,16H,3-7,9-10,12-13,15H2,1-2H3,(H,19,20). The average Bonchev–Trinajstić information content (AvgIpc) is 2.72. The zero-order valence-corrected chi connectivity index (χ0v) is 13.8. The van der Waals surface area contributed by atoms with Crippen molar-refractivity contribution in [3.8, 4) is 0 Å². The van der Waals surface area contributed by atoms with E-state index in [1.807, 2.05) is 6.20 Å². The minimum atomic E-state index is 0.950. The van der Waals surface area contributed by atoms with Crippen molar-refractivity contribution in [1.82, 2.24) is 9.88 Å². The molecule has 0 radical (unpaired) electrons. The molecule has 1 aromatic rings. The summed E-state index contributed by atoms with van der Waals surface area (Å²) >= 11 is 0. The third-order valence-corrected chi connectivity index (χ3v) is 4.42. The highest BCUT2D eigenvalue weighted by Gasteiger charge is 2.16. The number of hydrogen-bond donors (Lipinski definition) is 1. The number of rotatable bonds is 7. The van der Waals surface area contributed by atoms with E-state index in [0.717, 1.165) is 25.4 Å². The Morgan fingerprint density at radius 2 is 2.14 bits per heavy atom. The summed E-state index contributed by atoms with van der Waals surface area (Å²) in [6.45, 7) is 9.00. The molecule has 118 valence electrons. The van der Waals surface area contributed by atoms with Gasteiger partial charge in [0.1, 0.15) is 0 Å². The molecule has 3 heteroatoms. The van der Waals surface area contributed by atoms with E-state index in [1.54, 1.807) is 0 Å². The molecule has 1 unspecified atom stereocenters. The van der Waals surface area contributed by atoms with E-state index in [0.29, 0.717) is 0 Å². The summed E-state index contributed by atoms with van der Waals surface area (Å²) < 4.78 is 0. The van der Waals surface area contributed by atoms with Crippen LogP contribution >= 0.6 is 0 Å². The van der Waals surface area contributed by atoms with Crippen LogP contribution in [0.1, 0.15) is 58.1 Å². The van der Waals surface area contributed by atoms with Gasteiger partial charge in [0.25, 0.3) is 0 Å². The van der Waals surface area contributed by atoms with E-state index < -0.39 is 0 Å². The minimum Gasteiger partial charge on any atom is -0.385 e. The van der Waals surface area contributed by atoms with Gasteiger partial charge in [0.05, 0.1) is 5.69 Å². The maximum Gasteiger partial charge on any atom is 0.0564 e. The molecule has 2 rings (SSSR count). The van der Waals surface area contributed by atoms with E-state index in [-0.39, 0.29) is 0 Å². The molecule has 0 aromatic carbocycles. The Kier molecular flexibility index (Phi) is 7.01. The molecule has 0 spiro atoms. The molecule has 1 fully saturated rings. The smallest absolute Gasteiger partial charge is 0.0564 e. The van der Waals surface area contributed by atoms with Gasteiger partial charge in [0.15, 0.2) is 0 Å². The molecule has 1 aromatic heterocycles. The predicted octanol–water partition coefficient (Wildman–Crippen LogP) is 4.31. The lowest BCUT2D eigenvalue weighted by atomic mass is 9.96. The number of anilines is 1. The zero-order chi connectivity index (χ0) is 14.9. The van der Waals surface area contributed by atoms with Crippen molar-refractivity contribution in [2.75, 3.05) is 25.0 Å². The van der Waals surface area contributed by atoms with Crippen molar-refractivity contribution in [2.45, 2.75) is 58.9 Å². The van der Waals surface area contributed by atoms with Gasteiger partial charge in [0, 0.05) is 25.0 Å². The van der Waals surface area contributed by atoms with Crippen LogP contribution in [0.3, 0.4) is 0 Å². The first-order chi connectivity index (χ1) is 10.3. The van der Waals surface area contributed by atoms with Crippen molar-refractivity contribution in [1.29, 1.82) is 0 Å². The highest BCUT2D eigenvalue weighted by atomic mass is 15.1. The third-order valence-electron chi connectivity index (χ3n) is 4.42. The second kappa shape index (κ2) is 9.04. The van der Waals surface area contributed by atoms with Gasteiger partial charge in [-0.2, -0.15) is 0 Å². The Morgan fingerprint density at radius 1 is 1.24 bits per heavy atom. The summed E-state index contributed by atoms with van der Waals surface area (Å²) in [6, 6.07) is 4.28. The molecule has 21 heavy (non-hydrogen) atoms. The van der Waals surface area contributed by atoms with Crippen LogP contribution in [0.4, 0.5) is 5.69 Å². The van der Waals surface area contributed by atoms with Gasteiger partial charge >= 0.3 is 0 Å². The lowest BCUT2D eigenvalue weighted by Crippen LogP contribution is -2.24. The molecule has 3 nitrogen and oxygen atoms in total. The number of pyridine rings is 1. The number of hydrogen-bond acceptors (Lipinski definition) is 3. The number of likely N-dealkylation sites (tertiary alicyclic amines) is 1. The molecular formula is C18H31N3. The molecule has 1 atom stereocenters. The van der Waals surface area contributed by atoms with Crippen molar-refractivity contribution in [3.05, 3.63) is 24.0 Å². The fraction of sp³-hybridized carbons (Fsp3) is 0.722. The van der Waals surface area contributed by atoms with Crippen LogP contribution in [0.2, 0.25) is 0 Å². The Bertz CT molecular complexity index is 405. The van der Waals surface area contributed by atoms with Crippen LogP contribution in [0, 0.1) is 5.92 Å². The lowest BCUT2D eigenvalue weighted by molar-refractivity contribution is 0.268. The van der Waals surface area contributed by atoms with Crippen molar-refractivity contribution in [3.63, 3.8) is 0 Å². The van der Waals surface area contributed by atoms with Crippen LogP contribution in [0.25, 0.3) is 0 Å². The summed E-state index contributed by atoms with van der Waals surface area (Å²) in [7, 11) is 0. The molecular weight excluding hydrogens is 258 g/mol. The Labute approximate surface area is 130 Å². The van der Waals surface area contributed by atoms with E-state index in [2.05, 4.69) is 41.2 Å². The van der Waals surface area contributed by atoms with Crippen LogP contribution < -0.4 is 5.32 Å². The lowest BCUT2D eigenvalue weighted by Gasteiger charge is -2.20. The Morgan fingerprint density at radius 3 is 2.95 bits per heavy atom. The maximum absolute atomic E-state index is 4.55. The average molecular weight is 289 g/mol. The minimum absolute atomic E-state index is 0.950. The van der Waals surface area contributed by atoms with Crippen molar-refractivity contribution < 1.29 is 0 Å². The Balaban J connectivity index is 1.86. The maximum atomic E-state index is 4.55. The van der Waals surface area contributed by atoms with Crippen molar-refractivity contribution in [2.24, 2.45) is 5.92 Å². The first-order valence-electron chi connectivity index (χ1n) is 8.73. The first kappa shape index (κ1) is 16.3. The molecule has 1 aliphatic heterocycles. The second-order valence-corrected chi connectivity index (χ2v) is 6.32. The van der Waals surface area contributed by atoms with Crippen LogP contribution in [0.5, 0.6) is 0 Å². The van der Waals surface area contributed by atoms with E-state index >= 15 is 0 Å². The third kappa shape index (κ3) is 5.66. The van der Waals surface area contributed by atoms with Gasteiger partial charge in [-0.3, -0.25) is 9.88 Å². The fourth-order valence-electron chi connectivity index (χ4n) is 3.25. The fourth-order valence-corrected chi connectivity index (χ4v) is 3.25. The molecule has 1 aliphatic rings. The highest BCUT2D eigenvalue weighted by Crippen LogP contribution is 2.22. The molecule has 0 aliphatic carbocycles. The topological polar surface area (TPSA) is 28.2 Å². The summed E-state index contributed by atoms with van der Waals surface area (Å²) in [5.41, 5.74) is 2.41. The Hall–Kier alpha value is -1.09. The quantitative estimate of drug-likeness (QED) is 0.811. The summed E-state index contributed by atoms with van der Waals surface area (Å²) in [5, 5.41) is 3.45. The van der Waals surface area contributed by atoms with E-state index in [9.17, 15) is 0 Å². The molecule has 0 bridgehead atoms. The largest absolute Gasteiger partial charge is 0.385 e. The summed E-state index contributed by atoms with van der Waals surface area (Å²) in [5.74, 6) is 0.950. The number of nitrogens with zero attached hydrogens (tertiary/aromatic N) is 2. The normalized spacial score (nSPS) is 20.2. The molecule has 1 saturated heterocycles. The van der Waals surface area contributed by atoms with Gasteiger partial charge in [-0.05, 0) is 56.8 Å². The van der Waals surface area contributed by atoms with Gasteiger partial charge in [-0.15, -0.1) is 0 Å². The summed E-state index contributed by atoms with van der Waals surface area (Å²) in [6.07, 6.45) is 9.95. The van der Waals surface area contributed by atoms with E-state index in [4.69, 9.17) is 0 Å². The van der Waals surface area contributed by atoms with Crippen LogP contribution in [-0.2, 0) is 6.54 Å². The van der Waals surface area contributed by atoms with Gasteiger partial charge in [-0.25, -0.2) is 0 Å². The van der Waals surface area contributed by atoms with Crippen LogP contribution in [-0.4, -0.2) is 29.5 Å². The second-order valence-electron chi connectivity index (χ2n) is 6.32. The van der Waals surface area contributed by atoms with Gasteiger partial charge < -0.3 is 5.32 Å².